The van der Waals surface area contributed by atoms with E-state index in [1.165, 1.54) is 5.56 Å². The van der Waals surface area contributed by atoms with Crippen molar-refractivity contribution in [3.8, 4) is 5.75 Å². The summed E-state index contributed by atoms with van der Waals surface area (Å²) in [7, 11) is 1.68. The van der Waals surface area contributed by atoms with Crippen molar-refractivity contribution in [1.29, 1.82) is 0 Å². The van der Waals surface area contributed by atoms with E-state index in [4.69, 9.17) is 9.47 Å². The smallest absolute Gasteiger partial charge is 0.119 e. The molecule has 1 aliphatic heterocycles. The van der Waals surface area contributed by atoms with E-state index in [0.29, 0.717) is 12.2 Å². The van der Waals surface area contributed by atoms with Gasteiger partial charge in [-0.15, -0.1) is 0 Å². The van der Waals surface area contributed by atoms with Crippen LogP contribution < -0.4 is 4.74 Å². The molecule has 0 amide bonds. The number of methoxy groups -OCH3 is 1. The molecule has 12 heavy (non-hydrogen) atoms. The molecule has 0 radical (unpaired) electrons. The molecule has 1 fully saturated rings. The zero-order chi connectivity index (χ0) is 8.55. The topological polar surface area (TPSA) is 21.8 Å². The molecule has 0 aliphatic carbocycles. The maximum Gasteiger partial charge on any atom is 0.119 e. The first kappa shape index (κ1) is 7.62. The molecule has 0 bridgehead atoms. The summed E-state index contributed by atoms with van der Waals surface area (Å²) in [6.45, 7) is 2.07. The van der Waals surface area contributed by atoms with Gasteiger partial charge < -0.3 is 9.47 Å². The summed E-state index contributed by atoms with van der Waals surface area (Å²) in [5, 5.41) is 0. The van der Waals surface area contributed by atoms with Crippen molar-refractivity contribution >= 4 is 0 Å². The Morgan fingerprint density at radius 1 is 1.42 bits per heavy atom. The van der Waals surface area contributed by atoms with Crippen LogP contribution in [-0.4, -0.2) is 13.2 Å². The molecule has 2 atom stereocenters. The largest absolute Gasteiger partial charge is 0.497 e. The van der Waals surface area contributed by atoms with Crippen molar-refractivity contribution in [3.05, 3.63) is 29.8 Å². The van der Waals surface area contributed by atoms with Gasteiger partial charge in [-0.1, -0.05) is 12.1 Å². The average molecular weight is 164 g/mol. The Labute approximate surface area is 72.1 Å². The number of hydrogen-bond acceptors (Lipinski definition) is 2. The third-order valence-corrected chi connectivity index (χ3v) is 2.13. The first-order valence-corrected chi connectivity index (χ1v) is 4.10. The molecular weight excluding hydrogens is 152 g/mol. The summed E-state index contributed by atoms with van der Waals surface area (Å²) in [6, 6.07) is 8.02. The molecule has 2 heteroatoms. The molecule has 2 nitrogen and oxygen atoms in total. The Bertz CT molecular complexity index is 283. The molecule has 64 valence electrons. The van der Waals surface area contributed by atoms with Crippen LogP contribution in [0.2, 0.25) is 0 Å². The maximum atomic E-state index is 5.35. The minimum absolute atomic E-state index is 0.292. The first-order chi connectivity index (χ1) is 5.81. The number of ether oxygens (including phenoxy) is 2. The molecule has 1 aromatic rings. The quantitative estimate of drug-likeness (QED) is 0.625. The van der Waals surface area contributed by atoms with E-state index in [1.54, 1.807) is 7.11 Å². The zero-order valence-electron chi connectivity index (χ0n) is 7.28. The van der Waals surface area contributed by atoms with Gasteiger partial charge in [0.05, 0.1) is 13.2 Å². The lowest BCUT2D eigenvalue weighted by Crippen LogP contribution is -1.86. The normalized spacial score (nSPS) is 26.8. The molecule has 0 aromatic heterocycles. The van der Waals surface area contributed by atoms with Crippen molar-refractivity contribution in [2.75, 3.05) is 7.11 Å². The van der Waals surface area contributed by atoms with Crippen LogP contribution in [0.4, 0.5) is 0 Å². The fraction of sp³-hybridized carbons (Fsp3) is 0.400. The fourth-order valence-corrected chi connectivity index (χ4v) is 1.35. The van der Waals surface area contributed by atoms with Crippen molar-refractivity contribution in [3.63, 3.8) is 0 Å². The molecule has 1 heterocycles. The van der Waals surface area contributed by atoms with E-state index >= 15 is 0 Å². The SMILES string of the molecule is COc1cccc(C2OC2C)c1. The van der Waals surface area contributed by atoms with Crippen LogP contribution >= 0.6 is 0 Å². The van der Waals surface area contributed by atoms with Gasteiger partial charge in [-0.25, -0.2) is 0 Å². The third-order valence-electron chi connectivity index (χ3n) is 2.13. The van der Waals surface area contributed by atoms with Crippen molar-refractivity contribution in [2.45, 2.75) is 19.1 Å². The van der Waals surface area contributed by atoms with Gasteiger partial charge in [-0.05, 0) is 24.6 Å². The van der Waals surface area contributed by atoms with Gasteiger partial charge in [0, 0.05) is 0 Å². The predicted octanol–water partition coefficient (Wildman–Crippen LogP) is 2.16. The van der Waals surface area contributed by atoms with Gasteiger partial charge in [0.25, 0.3) is 0 Å². The van der Waals surface area contributed by atoms with Gasteiger partial charge in [0.15, 0.2) is 0 Å². The standard InChI is InChI=1S/C10H12O2/c1-7-10(12-7)8-4-3-5-9(6-8)11-2/h3-7,10H,1-2H3. The molecule has 1 aromatic carbocycles. The molecule has 1 aliphatic rings. The second kappa shape index (κ2) is 2.79. The Balaban J connectivity index is 2.21. The number of rotatable bonds is 2. The average Bonchev–Trinajstić information content (AvgIpc) is 2.83. The van der Waals surface area contributed by atoms with Crippen molar-refractivity contribution in [1.82, 2.24) is 0 Å². The van der Waals surface area contributed by atoms with Crippen LogP contribution in [0.15, 0.2) is 24.3 Å². The lowest BCUT2D eigenvalue weighted by molar-refractivity contribution is 0.381. The molecule has 2 rings (SSSR count). The molecule has 2 unspecified atom stereocenters. The van der Waals surface area contributed by atoms with E-state index < -0.39 is 0 Å². The van der Waals surface area contributed by atoms with Gasteiger partial charge in [-0.2, -0.15) is 0 Å². The highest BCUT2D eigenvalue weighted by Crippen LogP contribution is 2.38. The van der Waals surface area contributed by atoms with Crippen LogP contribution in [0, 0.1) is 0 Å². The summed E-state index contributed by atoms with van der Waals surface area (Å²) in [6.07, 6.45) is 0.664. The fourth-order valence-electron chi connectivity index (χ4n) is 1.35. The van der Waals surface area contributed by atoms with E-state index in [1.807, 2.05) is 18.2 Å². The number of hydrogen-bond donors (Lipinski definition) is 0. The number of benzene rings is 1. The summed E-state index contributed by atoms with van der Waals surface area (Å²) in [5.74, 6) is 0.898. The van der Waals surface area contributed by atoms with Crippen molar-refractivity contribution in [2.24, 2.45) is 0 Å². The Hall–Kier alpha value is -1.02. The van der Waals surface area contributed by atoms with Crippen LogP contribution in [0.25, 0.3) is 0 Å². The Morgan fingerprint density at radius 2 is 2.17 bits per heavy atom. The van der Waals surface area contributed by atoms with Crippen LogP contribution in [0.3, 0.4) is 0 Å². The van der Waals surface area contributed by atoms with E-state index in [0.717, 1.165) is 5.75 Å². The number of epoxide rings is 1. The molecule has 1 saturated heterocycles. The highest BCUT2D eigenvalue weighted by molar-refractivity contribution is 5.31. The second-order valence-corrected chi connectivity index (χ2v) is 3.04. The monoisotopic (exact) mass is 164 g/mol. The van der Waals surface area contributed by atoms with Gasteiger partial charge in [0.2, 0.25) is 0 Å². The lowest BCUT2D eigenvalue weighted by Gasteiger charge is -2.00. The first-order valence-electron chi connectivity index (χ1n) is 4.10. The highest BCUT2D eigenvalue weighted by atomic mass is 16.6. The maximum absolute atomic E-state index is 5.35. The molecule has 0 saturated carbocycles. The van der Waals surface area contributed by atoms with Gasteiger partial charge in [-0.3, -0.25) is 0 Å². The molecule has 0 N–H and O–H groups in total. The summed E-state index contributed by atoms with van der Waals surface area (Å²) in [4.78, 5) is 0. The van der Waals surface area contributed by atoms with Gasteiger partial charge in [0.1, 0.15) is 11.9 Å². The van der Waals surface area contributed by atoms with E-state index in [2.05, 4.69) is 13.0 Å². The third kappa shape index (κ3) is 1.30. The van der Waals surface area contributed by atoms with Crippen LogP contribution in [0.5, 0.6) is 5.75 Å². The minimum Gasteiger partial charge on any atom is -0.497 e. The summed E-state index contributed by atoms with van der Waals surface area (Å²) < 4.78 is 10.5. The second-order valence-electron chi connectivity index (χ2n) is 3.04. The molecule has 0 spiro atoms. The summed E-state index contributed by atoms with van der Waals surface area (Å²) >= 11 is 0. The lowest BCUT2D eigenvalue weighted by atomic mass is 10.1. The molecular formula is C10H12O2. The summed E-state index contributed by atoms with van der Waals surface area (Å²) in [5.41, 5.74) is 1.21. The van der Waals surface area contributed by atoms with Crippen LogP contribution in [-0.2, 0) is 4.74 Å². The minimum atomic E-state index is 0.292. The van der Waals surface area contributed by atoms with Gasteiger partial charge >= 0.3 is 0 Å². The van der Waals surface area contributed by atoms with Crippen molar-refractivity contribution < 1.29 is 9.47 Å². The van der Waals surface area contributed by atoms with Crippen LogP contribution in [0.1, 0.15) is 18.6 Å². The highest BCUT2D eigenvalue weighted by Gasteiger charge is 2.35. The predicted molar refractivity (Wildman–Crippen MR) is 46.3 cm³/mol. The van der Waals surface area contributed by atoms with E-state index in [-0.39, 0.29) is 0 Å². The van der Waals surface area contributed by atoms with E-state index in [9.17, 15) is 0 Å². The Kier molecular flexibility index (Phi) is 1.77. The zero-order valence-corrected chi connectivity index (χ0v) is 7.28. The Morgan fingerprint density at radius 3 is 2.75 bits per heavy atom.